The van der Waals surface area contributed by atoms with Crippen molar-refractivity contribution in [2.45, 2.75) is 39.0 Å². The Kier molecular flexibility index (Phi) is 3.86. The standard InChI is InChI=1S/C16H22O2/c1-4-16(2,3)14-7-5-12(6-8-14)15(17)13-9-10-18-11-13/h5-8,13H,4,9-11H2,1-3H3. The molecule has 1 unspecified atom stereocenters. The van der Waals surface area contributed by atoms with Gasteiger partial charge < -0.3 is 4.74 Å². The molecule has 0 aromatic heterocycles. The molecule has 98 valence electrons. The maximum atomic E-state index is 12.2. The summed E-state index contributed by atoms with van der Waals surface area (Å²) >= 11 is 0. The van der Waals surface area contributed by atoms with Crippen LogP contribution in [0.1, 0.15) is 49.5 Å². The molecular weight excluding hydrogens is 224 g/mol. The molecular formula is C16H22O2. The summed E-state index contributed by atoms with van der Waals surface area (Å²) in [6.07, 6.45) is 1.96. The molecule has 1 fully saturated rings. The van der Waals surface area contributed by atoms with E-state index in [0.717, 1.165) is 25.0 Å². The first-order valence-corrected chi connectivity index (χ1v) is 6.77. The summed E-state index contributed by atoms with van der Waals surface area (Å²) < 4.78 is 5.27. The van der Waals surface area contributed by atoms with Gasteiger partial charge in [-0.2, -0.15) is 0 Å². The van der Waals surface area contributed by atoms with Crippen molar-refractivity contribution in [3.05, 3.63) is 35.4 Å². The van der Waals surface area contributed by atoms with Gasteiger partial charge in [0.2, 0.25) is 0 Å². The largest absolute Gasteiger partial charge is 0.381 e. The summed E-state index contributed by atoms with van der Waals surface area (Å²) in [5, 5.41) is 0. The molecule has 1 saturated heterocycles. The quantitative estimate of drug-likeness (QED) is 0.759. The van der Waals surface area contributed by atoms with Gasteiger partial charge in [-0.25, -0.2) is 0 Å². The molecule has 1 heterocycles. The number of ether oxygens (including phenoxy) is 1. The van der Waals surface area contributed by atoms with Gasteiger partial charge in [0, 0.05) is 18.1 Å². The minimum Gasteiger partial charge on any atom is -0.381 e. The van der Waals surface area contributed by atoms with E-state index in [4.69, 9.17) is 4.74 Å². The molecule has 0 radical (unpaired) electrons. The van der Waals surface area contributed by atoms with E-state index in [1.165, 1.54) is 5.56 Å². The average Bonchev–Trinajstić information content (AvgIpc) is 2.92. The fourth-order valence-electron chi connectivity index (χ4n) is 2.27. The third-order valence-electron chi connectivity index (χ3n) is 4.14. The molecule has 2 nitrogen and oxygen atoms in total. The van der Waals surface area contributed by atoms with Gasteiger partial charge in [-0.05, 0) is 23.8 Å². The molecule has 0 bridgehead atoms. The van der Waals surface area contributed by atoms with Crippen molar-refractivity contribution in [3.8, 4) is 0 Å². The Morgan fingerprint density at radius 3 is 2.50 bits per heavy atom. The highest BCUT2D eigenvalue weighted by atomic mass is 16.5. The fraction of sp³-hybridized carbons (Fsp3) is 0.562. The van der Waals surface area contributed by atoms with Gasteiger partial charge in [-0.1, -0.05) is 45.0 Å². The van der Waals surface area contributed by atoms with Crippen molar-refractivity contribution in [1.29, 1.82) is 0 Å². The Bertz CT molecular complexity index is 411. The smallest absolute Gasteiger partial charge is 0.168 e. The highest BCUT2D eigenvalue weighted by Gasteiger charge is 2.25. The van der Waals surface area contributed by atoms with Crippen LogP contribution in [0.2, 0.25) is 0 Å². The molecule has 2 heteroatoms. The zero-order valence-electron chi connectivity index (χ0n) is 11.5. The summed E-state index contributed by atoms with van der Waals surface area (Å²) in [4.78, 5) is 12.2. The number of rotatable bonds is 4. The molecule has 18 heavy (non-hydrogen) atoms. The van der Waals surface area contributed by atoms with E-state index in [0.29, 0.717) is 6.61 Å². The van der Waals surface area contributed by atoms with Gasteiger partial charge in [0.1, 0.15) is 0 Å². The minimum atomic E-state index is 0.0648. The van der Waals surface area contributed by atoms with Crippen LogP contribution in [0, 0.1) is 5.92 Å². The van der Waals surface area contributed by atoms with Gasteiger partial charge in [-0.3, -0.25) is 4.79 Å². The maximum Gasteiger partial charge on any atom is 0.168 e. The number of carbonyl (C=O) groups is 1. The van der Waals surface area contributed by atoms with Crippen molar-refractivity contribution in [1.82, 2.24) is 0 Å². The van der Waals surface area contributed by atoms with E-state index in [9.17, 15) is 4.79 Å². The molecule has 1 aliphatic heterocycles. The predicted octanol–water partition coefficient (Wildman–Crippen LogP) is 3.59. The molecule has 0 aliphatic carbocycles. The molecule has 1 aliphatic rings. The van der Waals surface area contributed by atoms with Crippen LogP contribution in [0.25, 0.3) is 0 Å². The zero-order valence-corrected chi connectivity index (χ0v) is 11.5. The third-order valence-corrected chi connectivity index (χ3v) is 4.14. The lowest BCUT2D eigenvalue weighted by atomic mass is 9.81. The number of Topliss-reactive ketones (excluding diaryl/α,β-unsaturated/α-hetero) is 1. The SMILES string of the molecule is CCC(C)(C)c1ccc(C(=O)C2CCOC2)cc1. The van der Waals surface area contributed by atoms with Gasteiger partial charge in [0.15, 0.2) is 5.78 Å². The predicted molar refractivity (Wildman–Crippen MR) is 73.0 cm³/mol. The number of hydrogen-bond acceptors (Lipinski definition) is 2. The Morgan fingerprint density at radius 2 is 2.00 bits per heavy atom. The number of hydrogen-bond donors (Lipinski definition) is 0. The van der Waals surface area contributed by atoms with Gasteiger partial charge >= 0.3 is 0 Å². The Hall–Kier alpha value is -1.15. The van der Waals surface area contributed by atoms with Crippen molar-refractivity contribution >= 4 is 5.78 Å². The highest BCUT2D eigenvalue weighted by molar-refractivity contribution is 5.98. The van der Waals surface area contributed by atoms with Gasteiger partial charge in [-0.15, -0.1) is 0 Å². The molecule has 0 N–H and O–H groups in total. The van der Waals surface area contributed by atoms with Crippen LogP contribution in [0.4, 0.5) is 0 Å². The Morgan fingerprint density at radius 1 is 1.33 bits per heavy atom. The number of benzene rings is 1. The van der Waals surface area contributed by atoms with Crippen LogP contribution < -0.4 is 0 Å². The van der Waals surface area contributed by atoms with E-state index in [2.05, 4.69) is 32.9 Å². The van der Waals surface area contributed by atoms with Crippen LogP contribution in [0.15, 0.2) is 24.3 Å². The summed E-state index contributed by atoms with van der Waals surface area (Å²) in [7, 11) is 0. The maximum absolute atomic E-state index is 12.2. The lowest BCUT2D eigenvalue weighted by molar-refractivity contribution is 0.0900. The van der Waals surface area contributed by atoms with Crippen molar-refractivity contribution < 1.29 is 9.53 Å². The van der Waals surface area contributed by atoms with Gasteiger partial charge in [0.05, 0.1) is 6.61 Å². The first-order chi connectivity index (χ1) is 8.54. The van der Waals surface area contributed by atoms with Crippen LogP contribution in [-0.2, 0) is 10.2 Å². The minimum absolute atomic E-state index is 0.0648. The lowest BCUT2D eigenvalue weighted by Crippen LogP contribution is -2.17. The average molecular weight is 246 g/mol. The van der Waals surface area contributed by atoms with Crippen LogP contribution in [0.5, 0.6) is 0 Å². The topological polar surface area (TPSA) is 26.3 Å². The second-order valence-electron chi connectivity index (χ2n) is 5.74. The Balaban J connectivity index is 2.14. The number of carbonyl (C=O) groups excluding carboxylic acids is 1. The van der Waals surface area contributed by atoms with Gasteiger partial charge in [0.25, 0.3) is 0 Å². The molecule has 0 amide bonds. The summed E-state index contributed by atoms with van der Waals surface area (Å²) in [5.41, 5.74) is 2.29. The second kappa shape index (κ2) is 5.23. The van der Waals surface area contributed by atoms with E-state index in [-0.39, 0.29) is 17.1 Å². The van der Waals surface area contributed by atoms with E-state index >= 15 is 0 Å². The lowest BCUT2D eigenvalue weighted by Gasteiger charge is -2.23. The van der Waals surface area contributed by atoms with Crippen LogP contribution >= 0.6 is 0 Å². The third kappa shape index (κ3) is 2.64. The fourth-order valence-corrected chi connectivity index (χ4v) is 2.27. The highest BCUT2D eigenvalue weighted by Crippen LogP contribution is 2.27. The number of ketones is 1. The molecule has 0 spiro atoms. The molecule has 0 saturated carbocycles. The van der Waals surface area contributed by atoms with Crippen molar-refractivity contribution in [2.24, 2.45) is 5.92 Å². The second-order valence-corrected chi connectivity index (χ2v) is 5.74. The van der Waals surface area contributed by atoms with Crippen molar-refractivity contribution in [2.75, 3.05) is 13.2 Å². The molecule has 1 atom stereocenters. The van der Waals surface area contributed by atoms with Crippen LogP contribution in [-0.4, -0.2) is 19.0 Å². The summed E-state index contributed by atoms with van der Waals surface area (Å²) in [6, 6.07) is 8.11. The van der Waals surface area contributed by atoms with Crippen molar-refractivity contribution in [3.63, 3.8) is 0 Å². The Labute approximate surface area is 109 Å². The van der Waals surface area contributed by atoms with E-state index < -0.39 is 0 Å². The summed E-state index contributed by atoms with van der Waals surface area (Å²) in [5.74, 6) is 0.295. The first kappa shape index (κ1) is 13.3. The molecule has 2 rings (SSSR count). The first-order valence-electron chi connectivity index (χ1n) is 6.77. The molecule has 1 aromatic carbocycles. The van der Waals surface area contributed by atoms with E-state index in [1.807, 2.05) is 12.1 Å². The van der Waals surface area contributed by atoms with E-state index in [1.54, 1.807) is 0 Å². The molecule has 1 aromatic rings. The van der Waals surface area contributed by atoms with Crippen LogP contribution in [0.3, 0.4) is 0 Å². The zero-order chi connectivity index (χ0) is 13.2. The summed E-state index contributed by atoms with van der Waals surface area (Å²) in [6.45, 7) is 7.95. The normalized spacial score (nSPS) is 20.1. The monoisotopic (exact) mass is 246 g/mol.